The monoisotopic (exact) mass is 203 g/mol. The van der Waals surface area contributed by atoms with Crippen molar-refractivity contribution < 1.29 is 0 Å². The van der Waals surface area contributed by atoms with Crippen LogP contribution in [-0.4, -0.2) is 16.3 Å². The average Bonchev–Trinajstić information content (AvgIpc) is 2.55. The largest absolute Gasteiger partial charge is 0.330 e. The van der Waals surface area contributed by atoms with E-state index in [2.05, 4.69) is 37.1 Å². The van der Waals surface area contributed by atoms with Crippen molar-refractivity contribution in [1.82, 2.24) is 9.78 Å². The van der Waals surface area contributed by atoms with E-state index in [0.717, 1.165) is 5.69 Å². The van der Waals surface area contributed by atoms with Crippen LogP contribution in [0, 0.1) is 6.92 Å². The standard InChI is InChI=1S/C12H17N3/c1-8-4-5-10-11(6-8)15(3)14-12(10)9(2)7-13/h4-6,9H,7,13H2,1-3H3. The Kier molecular flexibility index (Phi) is 2.49. The van der Waals surface area contributed by atoms with Crippen LogP contribution in [0.4, 0.5) is 0 Å². The van der Waals surface area contributed by atoms with Crippen molar-refractivity contribution in [2.24, 2.45) is 12.8 Å². The van der Waals surface area contributed by atoms with Crippen molar-refractivity contribution in [1.29, 1.82) is 0 Å². The lowest BCUT2D eigenvalue weighted by molar-refractivity contribution is 0.697. The van der Waals surface area contributed by atoms with Crippen molar-refractivity contribution in [3.8, 4) is 0 Å². The summed E-state index contributed by atoms with van der Waals surface area (Å²) in [5.74, 6) is 0.316. The summed E-state index contributed by atoms with van der Waals surface area (Å²) in [6.07, 6.45) is 0. The van der Waals surface area contributed by atoms with Crippen LogP contribution in [0.2, 0.25) is 0 Å². The number of fused-ring (bicyclic) bond motifs is 1. The van der Waals surface area contributed by atoms with E-state index in [0.29, 0.717) is 12.5 Å². The molecule has 0 fully saturated rings. The first kappa shape index (κ1) is 10.2. The summed E-state index contributed by atoms with van der Waals surface area (Å²) in [4.78, 5) is 0. The molecule has 1 aromatic heterocycles. The first-order valence-electron chi connectivity index (χ1n) is 5.26. The van der Waals surface area contributed by atoms with Crippen molar-refractivity contribution >= 4 is 10.9 Å². The number of nitrogens with zero attached hydrogens (tertiary/aromatic N) is 2. The van der Waals surface area contributed by atoms with Gasteiger partial charge in [0.05, 0.1) is 11.2 Å². The predicted molar refractivity (Wildman–Crippen MR) is 62.9 cm³/mol. The van der Waals surface area contributed by atoms with Crippen LogP contribution in [0.3, 0.4) is 0 Å². The van der Waals surface area contributed by atoms with Crippen LogP contribution in [0.25, 0.3) is 10.9 Å². The van der Waals surface area contributed by atoms with Crippen LogP contribution in [0.15, 0.2) is 18.2 Å². The molecule has 3 nitrogen and oxygen atoms in total. The molecule has 0 spiro atoms. The van der Waals surface area contributed by atoms with Gasteiger partial charge in [-0.25, -0.2) is 0 Å². The molecule has 2 rings (SSSR count). The van der Waals surface area contributed by atoms with Crippen LogP contribution in [-0.2, 0) is 7.05 Å². The molecule has 0 radical (unpaired) electrons. The van der Waals surface area contributed by atoms with E-state index in [1.165, 1.54) is 16.5 Å². The van der Waals surface area contributed by atoms with Gasteiger partial charge in [-0.2, -0.15) is 5.10 Å². The summed E-state index contributed by atoms with van der Waals surface area (Å²) < 4.78 is 1.93. The normalized spacial score (nSPS) is 13.3. The average molecular weight is 203 g/mol. The molecule has 0 aliphatic heterocycles. The summed E-state index contributed by atoms with van der Waals surface area (Å²) in [6.45, 7) is 4.85. The van der Waals surface area contributed by atoms with Crippen molar-refractivity contribution in [2.45, 2.75) is 19.8 Å². The number of benzene rings is 1. The minimum absolute atomic E-state index is 0.316. The lowest BCUT2D eigenvalue weighted by Crippen LogP contribution is -2.09. The molecule has 0 aliphatic carbocycles. The Balaban J connectivity index is 2.68. The highest BCUT2D eigenvalue weighted by Gasteiger charge is 2.13. The van der Waals surface area contributed by atoms with E-state index >= 15 is 0 Å². The zero-order chi connectivity index (χ0) is 11.0. The molecule has 0 aliphatic rings. The number of rotatable bonds is 2. The second-order valence-corrected chi connectivity index (χ2v) is 4.17. The third kappa shape index (κ3) is 1.63. The lowest BCUT2D eigenvalue weighted by Gasteiger charge is -2.04. The first-order chi connectivity index (χ1) is 7.13. The van der Waals surface area contributed by atoms with E-state index in [1.54, 1.807) is 0 Å². The van der Waals surface area contributed by atoms with E-state index in [4.69, 9.17) is 5.73 Å². The quantitative estimate of drug-likeness (QED) is 0.810. The zero-order valence-corrected chi connectivity index (χ0v) is 9.49. The number of nitrogens with two attached hydrogens (primary N) is 1. The van der Waals surface area contributed by atoms with Crippen molar-refractivity contribution in [3.63, 3.8) is 0 Å². The van der Waals surface area contributed by atoms with Gasteiger partial charge in [0, 0.05) is 24.9 Å². The highest BCUT2D eigenvalue weighted by molar-refractivity contribution is 5.83. The summed E-state index contributed by atoms with van der Waals surface area (Å²) >= 11 is 0. The van der Waals surface area contributed by atoms with Gasteiger partial charge in [-0.15, -0.1) is 0 Å². The second kappa shape index (κ2) is 3.66. The van der Waals surface area contributed by atoms with Gasteiger partial charge in [0.2, 0.25) is 0 Å². The molecule has 1 unspecified atom stereocenters. The Morgan fingerprint density at radius 2 is 2.20 bits per heavy atom. The summed E-state index contributed by atoms with van der Waals surface area (Å²) in [5.41, 5.74) is 9.24. The second-order valence-electron chi connectivity index (χ2n) is 4.17. The summed E-state index contributed by atoms with van der Waals surface area (Å²) in [7, 11) is 1.98. The molecular formula is C12H17N3. The van der Waals surface area contributed by atoms with Gasteiger partial charge in [0.1, 0.15) is 0 Å². The van der Waals surface area contributed by atoms with Gasteiger partial charge in [-0.1, -0.05) is 19.1 Å². The van der Waals surface area contributed by atoms with Crippen molar-refractivity contribution in [2.75, 3.05) is 6.54 Å². The van der Waals surface area contributed by atoms with E-state index in [-0.39, 0.29) is 0 Å². The molecule has 2 N–H and O–H groups in total. The number of aromatic nitrogens is 2. The van der Waals surface area contributed by atoms with Crippen LogP contribution in [0.5, 0.6) is 0 Å². The minimum Gasteiger partial charge on any atom is -0.330 e. The van der Waals surface area contributed by atoms with Crippen molar-refractivity contribution in [3.05, 3.63) is 29.5 Å². The van der Waals surface area contributed by atoms with E-state index in [1.807, 2.05) is 11.7 Å². The minimum atomic E-state index is 0.316. The Morgan fingerprint density at radius 3 is 2.87 bits per heavy atom. The highest BCUT2D eigenvalue weighted by atomic mass is 15.3. The third-order valence-corrected chi connectivity index (χ3v) is 2.86. The SMILES string of the molecule is Cc1ccc2c(C(C)CN)nn(C)c2c1. The fraction of sp³-hybridized carbons (Fsp3) is 0.417. The van der Waals surface area contributed by atoms with Gasteiger partial charge in [-0.05, 0) is 18.6 Å². The molecular weight excluding hydrogens is 186 g/mol. The first-order valence-corrected chi connectivity index (χ1v) is 5.26. The fourth-order valence-electron chi connectivity index (χ4n) is 1.87. The van der Waals surface area contributed by atoms with Gasteiger partial charge in [-0.3, -0.25) is 4.68 Å². The molecule has 1 atom stereocenters. The molecule has 1 aromatic carbocycles. The Bertz CT molecular complexity index is 485. The summed E-state index contributed by atoms with van der Waals surface area (Å²) in [6, 6.07) is 6.42. The molecule has 80 valence electrons. The Labute approximate surface area is 89.9 Å². The van der Waals surface area contributed by atoms with Crippen LogP contribution >= 0.6 is 0 Å². The molecule has 0 saturated carbocycles. The number of aryl methyl sites for hydroxylation is 2. The highest BCUT2D eigenvalue weighted by Crippen LogP contribution is 2.24. The van der Waals surface area contributed by atoms with Gasteiger partial charge >= 0.3 is 0 Å². The number of hydrogen-bond donors (Lipinski definition) is 1. The number of hydrogen-bond acceptors (Lipinski definition) is 2. The summed E-state index contributed by atoms with van der Waals surface area (Å²) in [5, 5.41) is 5.76. The maximum Gasteiger partial charge on any atom is 0.0743 e. The van der Waals surface area contributed by atoms with Gasteiger partial charge in [0.15, 0.2) is 0 Å². The maximum atomic E-state index is 5.68. The van der Waals surface area contributed by atoms with E-state index in [9.17, 15) is 0 Å². The fourth-order valence-corrected chi connectivity index (χ4v) is 1.87. The smallest absolute Gasteiger partial charge is 0.0743 e. The molecule has 2 aromatic rings. The third-order valence-electron chi connectivity index (χ3n) is 2.86. The zero-order valence-electron chi connectivity index (χ0n) is 9.49. The van der Waals surface area contributed by atoms with Gasteiger partial charge < -0.3 is 5.73 Å². The molecule has 3 heteroatoms. The maximum absolute atomic E-state index is 5.68. The molecule has 15 heavy (non-hydrogen) atoms. The molecule has 1 heterocycles. The van der Waals surface area contributed by atoms with E-state index < -0.39 is 0 Å². The van der Waals surface area contributed by atoms with Crippen LogP contribution in [0.1, 0.15) is 24.1 Å². The molecule has 0 amide bonds. The van der Waals surface area contributed by atoms with Gasteiger partial charge in [0.25, 0.3) is 0 Å². The topological polar surface area (TPSA) is 43.8 Å². The molecule has 0 saturated heterocycles. The Morgan fingerprint density at radius 1 is 1.47 bits per heavy atom. The lowest BCUT2D eigenvalue weighted by atomic mass is 10.0. The van der Waals surface area contributed by atoms with Crippen LogP contribution < -0.4 is 5.73 Å². The Hall–Kier alpha value is -1.35. The predicted octanol–water partition coefficient (Wildman–Crippen LogP) is 1.94. The molecule has 0 bridgehead atoms.